The summed E-state index contributed by atoms with van der Waals surface area (Å²) in [6.07, 6.45) is 0. The van der Waals surface area contributed by atoms with Crippen LogP contribution in [-0.2, 0) is 0 Å². The Morgan fingerprint density at radius 2 is 1.12 bits per heavy atom. The van der Waals surface area contributed by atoms with Crippen molar-refractivity contribution in [1.82, 2.24) is 0 Å². The Hall–Kier alpha value is 2.42. The molecule has 0 bridgehead atoms. The van der Waals surface area contributed by atoms with Crippen LogP contribution in [0.1, 0.15) is 0 Å². The Labute approximate surface area is 100 Å². The second-order valence-corrected chi connectivity index (χ2v) is 0.603. The molecule has 0 aliphatic heterocycles. The smallest absolute Gasteiger partial charge is 1.00 e. The van der Waals surface area contributed by atoms with Gasteiger partial charge in [0.2, 0.25) is 0 Å². The molecule has 0 amide bonds. The van der Waals surface area contributed by atoms with E-state index in [9.17, 15) is 0 Å². The molecule has 0 saturated carbocycles. The number of rotatable bonds is 0. The molecule has 0 unspecified atom stereocenters. The third-order valence-corrected chi connectivity index (χ3v) is 0. The molecule has 0 spiro atoms. The summed E-state index contributed by atoms with van der Waals surface area (Å²) in [6, 6.07) is 0. The normalized spacial score (nSPS) is 4.50. The summed E-state index contributed by atoms with van der Waals surface area (Å²) in [5.74, 6) is 0. The van der Waals surface area contributed by atoms with Crippen molar-refractivity contribution in [3.63, 3.8) is 0 Å². The average Bonchev–Trinajstić information content (AvgIpc) is 0.811. The summed E-state index contributed by atoms with van der Waals surface area (Å²) in [7, 11) is -2.60. The summed E-state index contributed by atoms with van der Waals surface area (Å²) in [5.41, 5.74) is 0. The number of hydrogen-bond acceptors (Lipinski definition) is 4. The van der Waals surface area contributed by atoms with Crippen molar-refractivity contribution in [3.8, 4) is 0 Å². The second-order valence-electron chi connectivity index (χ2n) is 0.201. The van der Waals surface area contributed by atoms with E-state index in [4.69, 9.17) is 14.0 Å². The van der Waals surface area contributed by atoms with Gasteiger partial charge in [-0.15, -0.1) is 0 Å². The van der Waals surface area contributed by atoms with E-state index in [-0.39, 0.29) is 77.0 Å². The minimum absolute atomic E-state index is 0. The number of halogens is 2. The van der Waals surface area contributed by atoms with Crippen LogP contribution in [0.15, 0.2) is 0 Å². The first kappa shape index (κ1) is 31.5. The quantitative estimate of drug-likeness (QED) is 0.377. The molecule has 0 aromatic rings. The molecule has 42 valence electrons. The van der Waals surface area contributed by atoms with E-state index >= 15 is 0 Å². The van der Waals surface area contributed by atoms with Gasteiger partial charge in [-0.05, 0) is 0 Å². The van der Waals surface area contributed by atoms with Gasteiger partial charge in [0.25, 0.3) is 10.8 Å². The molecular formula is H2Cl2Na2O4. The van der Waals surface area contributed by atoms with Gasteiger partial charge in [0, 0.05) is 4.66 Å². The second kappa shape index (κ2) is 22.7. The molecule has 0 aromatic heterocycles. The molecule has 0 rings (SSSR count). The summed E-state index contributed by atoms with van der Waals surface area (Å²) in [6.45, 7) is 0. The van der Waals surface area contributed by atoms with Crippen molar-refractivity contribution < 1.29 is 102 Å². The van der Waals surface area contributed by atoms with Gasteiger partial charge in [-0.3, -0.25) is 0 Å². The molecule has 0 fully saturated rings. The molecule has 8 heavy (non-hydrogen) atoms. The van der Waals surface area contributed by atoms with E-state index < -0.39 is 10.8 Å². The van der Waals surface area contributed by atoms with Crippen LogP contribution in [-0.4, -0.2) is 10.1 Å². The van der Waals surface area contributed by atoms with E-state index in [1.54, 1.807) is 0 Å². The van der Waals surface area contributed by atoms with Crippen molar-refractivity contribution in [2.75, 3.05) is 0 Å². The van der Waals surface area contributed by atoms with E-state index in [1.807, 2.05) is 0 Å². The van der Waals surface area contributed by atoms with Crippen LogP contribution < -0.4 is 80.8 Å². The summed E-state index contributed by atoms with van der Waals surface area (Å²) < 4.78 is 24.0. The van der Waals surface area contributed by atoms with Crippen LogP contribution in [0.5, 0.6) is 0 Å². The van der Waals surface area contributed by atoms with Crippen molar-refractivity contribution in [1.29, 1.82) is 0 Å². The van der Waals surface area contributed by atoms with Gasteiger partial charge in [0.15, 0.2) is 0 Å². The molecule has 0 saturated heterocycles. The zero-order chi connectivity index (χ0) is 3.58. The molecule has 4 nitrogen and oxygen atoms in total. The zero-order valence-corrected chi connectivity index (χ0v) is 9.98. The van der Waals surface area contributed by atoms with E-state index in [0.717, 1.165) is 0 Å². The van der Waals surface area contributed by atoms with Crippen LogP contribution in [0.2, 0.25) is 0 Å². The summed E-state index contributed by atoms with van der Waals surface area (Å²) in [5, 5.41) is 0. The first-order valence-electron chi connectivity index (χ1n) is 0.478. The molecule has 0 aliphatic rings. The van der Waals surface area contributed by atoms with Crippen molar-refractivity contribution >= 4 is 0 Å². The summed E-state index contributed by atoms with van der Waals surface area (Å²) >= 11 is 0. The maximum Gasteiger partial charge on any atom is 1.00 e. The first-order valence-corrected chi connectivity index (χ1v) is 1.43. The van der Waals surface area contributed by atoms with Gasteiger partial charge in [-0.2, -0.15) is 0 Å². The largest absolute Gasteiger partial charge is 1.00 e. The molecule has 0 aromatic carbocycles. The Morgan fingerprint density at radius 3 is 1.12 bits per heavy atom. The third kappa shape index (κ3) is 79.2. The molecule has 2 N–H and O–H groups in total. The Kier molecular flexibility index (Phi) is 89.4. The topological polar surface area (TPSA) is 96.3 Å². The molecule has 0 atom stereocenters. The van der Waals surface area contributed by atoms with Crippen molar-refractivity contribution in [2.24, 2.45) is 0 Å². The van der Waals surface area contributed by atoms with E-state index in [2.05, 4.69) is 0 Å². The van der Waals surface area contributed by atoms with Crippen LogP contribution >= 0.6 is 0 Å². The fourth-order valence-corrected chi connectivity index (χ4v) is 0. The van der Waals surface area contributed by atoms with Gasteiger partial charge >= 0.3 is 59.1 Å². The van der Waals surface area contributed by atoms with Crippen molar-refractivity contribution in [3.05, 3.63) is 0 Å². The van der Waals surface area contributed by atoms with Gasteiger partial charge in [-0.1, -0.05) is 0 Å². The first-order chi connectivity index (χ1) is 1.73. The Bertz CT molecular complexity index is 16.8. The van der Waals surface area contributed by atoms with Gasteiger partial charge < -0.3 is 27.2 Å². The fourth-order valence-electron chi connectivity index (χ4n) is 0. The average molecular weight is 183 g/mol. The molecule has 0 heterocycles. The van der Waals surface area contributed by atoms with Crippen LogP contribution in [0, 0.1) is 10.8 Å². The summed E-state index contributed by atoms with van der Waals surface area (Å²) in [4.78, 5) is 0. The van der Waals surface area contributed by atoms with Gasteiger partial charge in [0.1, 0.15) is 0 Å². The van der Waals surface area contributed by atoms with Crippen LogP contribution in [0.25, 0.3) is 0 Å². The SMILES string of the molecule is [Cl-].[Na+].[Na+].[O-][Cl+2]([O-])O.[OH-]. The third-order valence-electron chi connectivity index (χ3n) is 0. The minimum atomic E-state index is -2.60. The van der Waals surface area contributed by atoms with Gasteiger partial charge in [0.05, 0.1) is 0 Å². The Balaban J connectivity index is -0.00000000750. The maximum absolute atomic E-state index is 8.52. The molecule has 0 radical (unpaired) electrons. The molecular weight excluding hydrogens is 181 g/mol. The van der Waals surface area contributed by atoms with E-state index in [0.29, 0.717) is 0 Å². The standard InChI is InChI=1S/ClHO3.ClH.2Na.H2O/c2-1(3)4;;;;/h2H;1H;;;1H2/q;;2*+1;/p-2. The predicted molar refractivity (Wildman–Crippen MR) is 4.15 cm³/mol. The van der Waals surface area contributed by atoms with Crippen molar-refractivity contribution in [2.45, 2.75) is 0 Å². The number of hydrogen-bond donors (Lipinski definition) is 1. The molecule has 0 aliphatic carbocycles. The minimum Gasteiger partial charge on any atom is -1.00 e. The fraction of sp³-hybridized carbons (Fsp3) is 0. The van der Waals surface area contributed by atoms with Gasteiger partial charge in [-0.25, -0.2) is 0 Å². The monoisotopic (exact) mass is 182 g/mol. The molecule has 8 heteroatoms. The zero-order valence-electron chi connectivity index (χ0n) is 4.47. The van der Waals surface area contributed by atoms with Crippen LogP contribution in [0.4, 0.5) is 0 Å². The predicted octanol–water partition coefficient (Wildman–Crippen LogP) is -12.1. The van der Waals surface area contributed by atoms with Crippen LogP contribution in [0.3, 0.4) is 0 Å². The Morgan fingerprint density at radius 1 is 1.12 bits per heavy atom. The maximum atomic E-state index is 8.52. The van der Waals surface area contributed by atoms with E-state index in [1.165, 1.54) is 0 Å².